The van der Waals surface area contributed by atoms with Gasteiger partial charge in [-0.15, -0.1) is 10.2 Å². The van der Waals surface area contributed by atoms with E-state index in [2.05, 4.69) is 20.5 Å². The summed E-state index contributed by atoms with van der Waals surface area (Å²) in [5, 5.41) is 11.1. The first kappa shape index (κ1) is 13.7. The number of nitrogen functional groups attached to an aromatic ring is 1. The van der Waals surface area contributed by atoms with Gasteiger partial charge in [0.25, 0.3) is 0 Å². The van der Waals surface area contributed by atoms with Crippen LogP contribution in [0, 0.1) is 5.92 Å². The molecule has 2 heterocycles. The third kappa shape index (κ3) is 3.62. The van der Waals surface area contributed by atoms with Crippen molar-refractivity contribution < 1.29 is 4.74 Å². The zero-order chi connectivity index (χ0) is 14.7. The normalized spacial score (nSPS) is 14.1. The number of aryl methyl sites for hydroxylation is 1. The van der Waals surface area contributed by atoms with E-state index in [9.17, 15) is 0 Å². The van der Waals surface area contributed by atoms with Gasteiger partial charge in [-0.25, -0.2) is 0 Å². The van der Waals surface area contributed by atoms with Gasteiger partial charge in [-0.1, -0.05) is 0 Å². The summed E-state index contributed by atoms with van der Waals surface area (Å²) in [6.45, 7) is 1.44. The zero-order valence-electron chi connectivity index (χ0n) is 12.1. The fraction of sp³-hybridized carbons (Fsp3) is 0.500. The van der Waals surface area contributed by atoms with E-state index in [4.69, 9.17) is 10.5 Å². The van der Waals surface area contributed by atoms with Crippen molar-refractivity contribution in [1.29, 1.82) is 0 Å². The molecule has 3 N–H and O–H groups in total. The summed E-state index contributed by atoms with van der Waals surface area (Å²) in [5.74, 6) is 2.89. The van der Waals surface area contributed by atoms with Crippen molar-refractivity contribution in [1.82, 2.24) is 19.7 Å². The first-order chi connectivity index (χ1) is 10.2. The largest absolute Gasteiger partial charge is 0.476 e. The summed E-state index contributed by atoms with van der Waals surface area (Å²) < 4.78 is 7.58. The molecular weight excluding hydrogens is 268 g/mol. The highest BCUT2D eigenvalue weighted by Crippen LogP contribution is 2.30. The van der Waals surface area contributed by atoms with E-state index in [1.165, 1.54) is 12.8 Å². The average Bonchev–Trinajstić information content (AvgIpc) is 3.22. The Labute approximate surface area is 123 Å². The molecule has 0 bridgehead atoms. The number of aromatic nitrogens is 4. The lowest BCUT2D eigenvalue weighted by molar-refractivity contribution is 0.290. The van der Waals surface area contributed by atoms with Crippen LogP contribution in [0.5, 0.6) is 5.88 Å². The summed E-state index contributed by atoms with van der Waals surface area (Å²) in [6, 6.07) is 3.68. The van der Waals surface area contributed by atoms with Gasteiger partial charge < -0.3 is 20.4 Å². The SMILES string of the molecule is Cn1cnnc1CCNc1ccc(N)c(OCC2CC2)n1. The Morgan fingerprint density at radius 1 is 1.43 bits per heavy atom. The van der Waals surface area contributed by atoms with E-state index in [0.717, 1.165) is 24.6 Å². The quantitative estimate of drug-likeness (QED) is 0.796. The molecule has 0 aromatic carbocycles. The second-order valence-corrected chi connectivity index (χ2v) is 5.38. The third-order valence-electron chi connectivity index (χ3n) is 3.50. The van der Waals surface area contributed by atoms with Crippen molar-refractivity contribution in [3.63, 3.8) is 0 Å². The van der Waals surface area contributed by atoms with Gasteiger partial charge in [0.15, 0.2) is 0 Å². The van der Waals surface area contributed by atoms with Crippen LogP contribution in [0.25, 0.3) is 0 Å². The standard InChI is InChI=1S/C14H20N6O/c1-20-9-17-19-13(20)6-7-16-12-5-4-11(15)14(18-12)21-8-10-2-3-10/h4-5,9-10H,2-3,6-8,15H2,1H3,(H,16,18). The molecule has 7 heteroatoms. The van der Waals surface area contributed by atoms with Gasteiger partial charge in [0, 0.05) is 20.0 Å². The van der Waals surface area contributed by atoms with Crippen LogP contribution in [-0.4, -0.2) is 32.9 Å². The average molecular weight is 288 g/mol. The molecule has 0 radical (unpaired) electrons. The maximum absolute atomic E-state index is 5.88. The number of pyridine rings is 1. The van der Waals surface area contributed by atoms with E-state index in [1.54, 1.807) is 6.33 Å². The highest BCUT2D eigenvalue weighted by molar-refractivity contribution is 5.53. The summed E-state index contributed by atoms with van der Waals surface area (Å²) in [4.78, 5) is 4.41. The molecule has 7 nitrogen and oxygen atoms in total. The van der Waals surface area contributed by atoms with Crippen LogP contribution >= 0.6 is 0 Å². The van der Waals surface area contributed by atoms with Gasteiger partial charge >= 0.3 is 0 Å². The van der Waals surface area contributed by atoms with Gasteiger partial charge in [-0.2, -0.15) is 4.98 Å². The molecule has 2 aromatic rings. The zero-order valence-corrected chi connectivity index (χ0v) is 12.1. The van der Waals surface area contributed by atoms with Crippen molar-refractivity contribution in [2.75, 3.05) is 24.2 Å². The lowest BCUT2D eigenvalue weighted by Crippen LogP contribution is -2.11. The van der Waals surface area contributed by atoms with E-state index in [0.29, 0.717) is 24.1 Å². The van der Waals surface area contributed by atoms with E-state index >= 15 is 0 Å². The molecule has 1 aliphatic carbocycles. The number of nitrogens with one attached hydrogen (secondary N) is 1. The Kier molecular flexibility index (Phi) is 3.89. The molecular formula is C14H20N6O. The Bertz CT molecular complexity index is 607. The molecule has 0 saturated heterocycles. The molecule has 1 fully saturated rings. The number of rotatable bonds is 7. The monoisotopic (exact) mass is 288 g/mol. The van der Waals surface area contributed by atoms with Crippen molar-refractivity contribution in [2.45, 2.75) is 19.3 Å². The predicted octanol–water partition coefficient (Wildman–Crippen LogP) is 1.24. The van der Waals surface area contributed by atoms with Crippen LogP contribution in [0.2, 0.25) is 0 Å². The lowest BCUT2D eigenvalue weighted by Gasteiger charge is -2.10. The van der Waals surface area contributed by atoms with Gasteiger partial charge in [0.05, 0.1) is 12.3 Å². The summed E-state index contributed by atoms with van der Waals surface area (Å²) in [5.41, 5.74) is 6.46. The minimum Gasteiger partial charge on any atom is -0.476 e. The minimum absolute atomic E-state index is 0.519. The lowest BCUT2D eigenvalue weighted by atomic mass is 10.3. The second-order valence-electron chi connectivity index (χ2n) is 5.38. The molecule has 0 spiro atoms. The Balaban J connectivity index is 1.54. The first-order valence-corrected chi connectivity index (χ1v) is 7.18. The number of anilines is 2. The maximum Gasteiger partial charge on any atom is 0.239 e. The van der Waals surface area contributed by atoms with Crippen LogP contribution in [0.4, 0.5) is 11.5 Å². The van der Waals surface area contributed by atoms with E-state index in [-0.39, 0.29) is 0 Å². The van der Waals surface area contributed by atoms with E-state index in [1.807, 2.05) is 23.7 Å². The molecule has 0 aliphatic heterocycles. The molecule has 21 heavy (non-hydrogen) atoms. The van der Waals surface area contributed by atoms with Gasteiger partial charge in [0.2, 0.25) is 5.88 Å². The molecule has 3 rings (SSSR count). The number of hydrogen-bond donors (Lipinski definition) is 2. The van der Waals surface area contributed by atoms with Crippen LogP contribution in [0.3, 0.4) is 0 Å². The Hall–Kier alpha value is -2.31. The number of ether oxygens (including phenoxy) is 1. The van der Waals surface area contributed by atoms with Gasteiger partial charge in [0.1, 0.15) is 18.0 Å². The predicted molar refractivity (Wildman–Crippen MR) is 80.1 cm³/mol. The highest BCUT2D eigenvalue weighted by atomic mass is 16.5. The van der Waals surface area contributed by atoms with Crippen molar-refractivity contribution in [3.8, 4) is 5.88 Å². The molecule has 2 aromatic heterocycles. The Morgan fingerprint density at radius 2 is 2.29 bits per heavy atom. The Morgan fingerprint density at radius 3 is 3.00 bits per heavy atom. The highest BCUT2D eigenvalue weighted by Gasteiger charge is 2.22. The van der Waals surface area contributed by atoms with Crippen molar-refractivity contribution in [2.24, 2.45) is 13.0 Å². The molecule has 0 amide bonds. The summed E-state index contributed by atoms with van der Waals surface area (Å²) >= 11 is 0. The number of nitrogens with zero attached hydrogens (tertiary/aromatic N) is 4. The van der Waals surface area contributed by atoms with Crippen molar-refractivity contribution in [3.05, 3.63) is 24.3 Å². The smallest absolute Gasteiger partial charge is 0.239 e. The molecule has 0 unspecified atom stereocenters. The number of hydrogen-bond acceptors (Lipinski definition) is 6. The third-order valence-corrected chi connectivity index (χ3v) is 3.50. The van der Waals surface area contributed by atoms with Crippen LogP contribution in [-0.2, 0) is 13.5 Å². The molecule has 1 saturated carbocycles. The molecule has 1 aliphatic rings. The topological polar surface area (TPSA) is 90.9 Å². The molecule has 0 atom stereocenters. The first-order valence-electron chi connectivity index (χ1n) is 7.18. The fourth-order valence-electron chi connectivity index (χ4n) is 1.98. The van der Waals surface area contributed by atoms with Crippen LogP contribution < -0.4 is 15.8 Å². The van der Waals surface area contributed by atoms with Crippen LogP contribution in [0.1, 0.15) is 18.7 Å². The second kappa shape index (κ2) is 5.99. The fourth-order valence-corrected chi connectivity index (χ4v) is 1.98. The number of nitrogens with two attached hydrogens (primary N) is 1. The van der Waals surface area contributed by atoms with Gasteiger partial charge in [-0.3, -0.25) is 0 Å². The summed E-state index contributed by atoms with van der Waals surface area (Å²) in [6.07, 6.45) is 4.96. The summed E-state index contributed by atoms with van der Waals surface area (Å²) in [7, 11) is 1.93. The van der Waals surface area contributed by atoms with Crippen molar-refractivity contribution >= 4 is 11.5 Å². The van der Waals surface area contributed by atoms with E-state index < -0.39 is 0 Å². The minimum atomic E-state index is 0.519. The van der Waals surface area contributed by atoms with Crippen LogP contribution in [0.15, 0.2) is 18.5 Å². The maximum atomic E-state index is 5.88. The van der Waals surface area contributed by atoms with Gasteiger partial charge in [-0.05, 0) is 30.9 Å². The molecule has 112 valence electrons.